The van der Waals surface area contributed by atoms with Crippen LogP contribution in [0.2, 0.25) is 0 Å². The second-order valence-corrected chi connectivity index (χ2v) is 4.52. The predicted octanol–water partition coefficient (Wildman–Crippen LogP) is 2.76. The summed E-state index contributed by atoms with van der Waals surface area (Å²) in [5, 5.41) is 10.0. The average molecular weight is 221 g/mol. The van der Waals surface area contributed by atoms with Gasteiger partial charge in [0.15, 0.2) is 0 Å². The summed E-state index contributed by atoms with van der Waals surface area (Å²) in [4.78, 5) is 2.26. The maximum Gasteiger partial charge on any atom is 0.0802 e. The topological polar surface area (TPSA) is 23.5 Å². The smallest absolute Gasteiger partial charge is 0.0802 e. The van der Waals surface area contributed by atoms with Crippen LogP contribution in [0.5, 0.6) is 0 Å². The summed E-state index contributed by atoms with van der Waals surface area (Å²) < 4.78 is 0. The highest BCUT2D eigenvalue weighted by atomic mass is 16.3. The van der Waals surface area contributed by atoms with E-state index in [2.05, 4.69) is 25.8 Å². The zero-order valence-corrected chi connectivity index (χ0v) is 10.6. The van der Waals surface area contributed by atoms with Crippen molar-refractivity contribution in [1.29, 1.82) is 0 Å². The van der Waals surface area contributed by atoms with E-state index in [1.54, 1.807) is 0 Å². The first-order valence-electron chi connectivity index (χ1n) is 6.06. The van der Waals surface area contributed by atoms with Gasteiger partial charge < -0.3 is 10.0 Å². The number of aliphatic hydroxyl groups is 1. The lowest BCUT2D eigenvalue weighted by Crippen LogP contribution is -2.22. The van der Waals surface area contributed by atoms with E-state index in [0.717, 1.165) is 31.5 Å². The van der Waals surface area contributed by atoms with Crippen molar-refractivity contribution < 1.29 is 5.11 Å². The van der Waals surface area contributed by atoms with Crippen LogP contribution in [0, 0.1) is 6.92 Å². The molecule has 90 valence electrons. The highest BCUT2D eigenvalue weighted by molar-refractivity contribution is 5.22. The van der Waals surface area contributed by atoms with Crippen LogP contribution in [0.3, 0.4) is 0 Å². The molecule has 0 fully saturated rings. The van der Waals surface area contributed by atoms with Crippen LogP contribution >= 0.6 is 0 Å². The number of aryl methyl sites for hydroxylation is 1. The number of nitrogens with zero attached hydrogens (tertiary/aromatic N) is 1. The molecule has 1 aromatic rings. The fraction of sp³-hybridized carbons (Fsp3) is 0.571. The Morgan fingerprint density at radius 3 is 2.38 bits per heavy atom. The number of hydrogen-bond donors (Lipinski definition) is 1. The molecule has 0 heterocycles. The lowest BCUT2D eigenvalue weighted by atomic mass is 10.0. The zero-order chi connectivity index (χ0) is 12.0. The second kappa shape index (κ2) is 6.66. The summed E-state index contributed by atoms with van der Waals surface area (Å²) in [6, 6.07) is 8.13. The van der Waals surface area contributed by atoms with Crippen LogP contribution in [-0.2, 0) is 0 Å². The van der Waals surface area contributed by atoms with E-state index < -0.39 is 0 Å². The van der Waals surface area contributed by atoms with Gasteiger partial charge >= 0.3 is 0 Å². The SMILES string of the molecule is CCCN(C)CCC(O)c1ccc(C)cc1. The quantitative estimate of drug-likeness (QED) is 0.798. The molecule has 2 nitrogen and oxygen atoms in total. The van der Waals surface area contributed by atoms with Crippen molar-refractivity contribution in [3.63, 3.8) is 0 Å². The average Bonchev–Trinajstić information content (AvgIpc) is 2.27. The van der Waals surface area contributed by atoms with E-state index in [1.165, 1.54) is 5.56 Å². The van der Waals surface area contributed by atoms with E-state index in [9.17, 15) is 5.11 Å². The molecule has 0 saturated heterocycles. The van der Waals surface area contributed by atoms with Crippen molar-refractivity contribution in [1.82, 2.24) is 4.90 Å². The van der Waals surface area contributed by atoms with Crippen LogP contribution in [-0.4, -0.2) is 30.1 Å². The fourth-order valence-electron chi connectivity index (χ4n) is 1.79. The Balaban J connectivity index is 2.40. The molecule has 1 rings (SSSR count). The lowest BCUT2D eigenvalue weighted by molar-refractivity contribution is 0.149. The van der Waals surface area contributed by atoms with Crippen LogP contribution < -0.4 is 0 Å². The molecular weight excluding hydrogens is 198 g/mol. The minimum Gasteiger partial charge on any atom is -0.388 e. The van der Waals surface area contributed by atoms with Gasteiger partial charge in [0.05, 0.1) is 6.10 Å². The molecule has 0 aliphatic rings. The molecule has 0 saturated carbocycles. The third-order valence-electron chi connectivity index (χ3n) is 2.85. The van der Waals surface area contributed by atoms with Crippen LogP contribution in [0.15, 0.2) is 24.3 Å². The van der Waals surface area contributed by atoms with Gasteiger partial charge in [0.1, 0.15) is 0 Å². The van der Waals surface area contributed by atoms with E-state index in [0.29, 0.717) is 0 Å². The third-order valence-corrected chi connectivity index (χ3v) is 2.85. The normalized spacial score (nSPS) is 13.1. The molecule has 1 N–H and O–H groups in total. The van der Waals surface area contributed by atoms with Gasteiger partial charge in [-0.1, -0.05) is 36.8 Å². The van der Waals surface area contributed by atoms with E-state index in [4.69, 9.17) is 0 Å². The van der Waals surface area contributed by atoms with E-state index >= 15 is 0 Å². The fourth-order valence-corrected chi connectivity index (χ4v) is 1.79. The van der Waals surface area contributed by atoms with Crippen LogP contribution in [0.1, 0.15) is 37.0 Å². The molecule has 0 spiro atoms. The maximum atomic E-state index is 10.0. The monoisotopic (exact) mass is 221 g/mol. The molecule has 1 atom stereocenters. The molecule has 1 aromatic carbocycles. The van der Waals surface area contributed by atoms with Crippen LogP contribution in [0.4, 0.5) is 0 Å². The summed E-state index contributed by atoms with van der Waals surface area (Å²) in [6.07, 6.45) is 1.64. The number of hydrogen-bond acceptors (Lipinski definition) is 2. The largest absolute Gasteiger partial charge is 0.388 e. The molecule has 2 heteroatoms. The van der Waals surface area contributed by atoms with Crippen molar-refractivity contribution in [2.45, 2.75) is 32.8 Å². The summed E-state index contributed by atoms with van der Waals surface area (Å²) in [5.41, 5.74) is 2.26. The second-order valence-electron chi connectivity index (χ2n) is 4.52. The molecule has 0 aromatic heterocycles. The van der Waals surface area contributed by atoms with Gasteiger partial charge in [0.25, 0.3) is 0 Å². The Labute approximate surface area is 98.9 Å². The standard InChI is InChI=1S/C14H23NO/c1-4-10-15(3)11-9-14(16)13-7-5-12(2)6-8-13/h5-8,14,16H,4,9-11H2,1-3H3. The molecule has 0 amide bonds. The van der Waals surface area contributed by atoms with Gasteiger partial charge in [0.2, 0.25) is 0 Å². The number of rotatable bonds is 6. The Hall–Kier alpha value is -0.860. The first-order valence-corrected chi connectivity index (χ1v) is 6.06. The molecule has 0 radical (unpaired) electrons. The lowest BCUT2D eigenvalue weighted by Gasteiger charge is -2.18. The Kier molecular flexibility index (Phi) is 5.50. The van der Waals surface area contributed by atoms with Crippen molar-refractivity contribution in [2.75, 3.05) is 20.1 Å². The van der Waals surface area contributed by atoms with E-state index in [-0.39, 0.29) is 6.10 Å². The third kappa shape index (κ3) is 4.33. The summed E-state index contributed by atoms with van der Waals surface area (Å²) >= 11 is 0. The highest BCUT2D eigenvalue weighted by Gasteiger charge is 2.08. The predicted molar refractivity (Wildman–Crippen MR) is 68.5 cm³/mol. The van der Waals surface area contributed by atoms with Gasteiger partial charge in [-0.15, -0.1) is 0 Å². The molecule has 0 aliphatic heterocycles. The minimum atomic E-state index is -0.333. The van der Waals surface area contributed by atoms with Gasteiger partial charge in [-0.3, -0.25) is 0 Å². The molecule has 0 aliphatic carbocycles. The number of benzene rings is 1. The maximum absolute atomic E-state index is 10.0. The first kappa shape index (κ1) is 13.2. The minimum absolute atomic E-state index is 0.333. The Morgan fingerprint density at radius 2 is 1.81 bits per heavy atom. The van der Waals surface area contributed by atoms with Crippen molar-refractivity contribution in [2.24, 2.45) is 0 Å². The summed E-state index contributed by atoms with van der Waals surface area (Å²) in [7, 11) is 2.10. The molecule has 1 unspecified atom stereocenters. The molecule has 16 heavy (non-hydrogen) atoms. The van der Waals surface area contributed by atoms with Crippen LogP contribution in [0.25, 0.3) is 0 Å². The Morgan fingerprint density at radius 1 is 1.19 bits per heavy atom. The summed E-state index contributed by atoms with van der Waals surface area (Å²) in [6.45, 7) is 6.28. The number of aliphatic hydroxyl groups excluding tert-OH is 1. The van der Waals surface area contributed by atoms with Gasteiger partial charge in [-0.05, 0) is 38.9 Å². The highest BCUT2D eigenvalue weighted by Crippen LogP contribution is 2.17. The zero-order valence-electron chi connectivity index (χ0n) is 10.6. The first-order chi connectivity index (χ1) is 7.63. The van der Waals surface area contributed by atoms with Crippen molar-refractivity contribution in [3.05, 3.63) is 35.4 Å². The van der Waals surface area contributed by atoms with Gasteiger partial charge in [0, 0.05) is 6.54 Å². The Bertz CT molecular complexity index is 294. The van der Waals surface area contributed by atoms with E-state index in [1.807, 2.05) is 24.3 Å². The molecular formula is C14H23NO. The molecule has 0 bridgehead atoms. The van der Waals surface area contributed by atoms with Crippen molar-refractivity contribution >= 4 is 0 Å². The summed E-state index contributed by atoms with van der Waals surface area (Å²) in [5.74, 6) is 0. The van der Waals surface area contributed by atoms with Gasteiger partial charge in [-0.25, -0.2) is 0 Å². The van der Waals surface area contributed by atoms with Gasteiger partial charge in [-0.2, -0.15) is 0 Å². The van der Waals surface area contributed by atoms with Crippen molar-refractivity contribution in [3.8, 4) is 0 Å².